The molecule has 36 heavy (non-hydrogen) atoms. The van der Waals surface area contributed by atoms with Crippen LogP contribution in [0.1, 0.15) is 33.1 Å². The molecule has 3 aliphatic heterocycles. The number of aliphatic hydroxyl groups excluding tert-OH is 1. The molecular formula is C27H33ClN2O5S. The topological polar surface area (TPSA) is 87.1 Å². The summed E-state index contributed by atoms with van der Waals surface area (Å²) >= 11 is 7.65. The number of fused-ring (bicyclic) bond motifs is 1. The molecule has 0 saturated carbocycles. The zero-order valence-corrected chi connectivity index (χ0v) is 22.3. The number of anilines is 1. The number of benzene rings is 1. The number of carbonyl (C=O) groups excluding carboxylic acids is 3. The number of aliphatic hydroxyl groups is 1. The van der Waals surface area contributed by atoms with Crippen molar-refractivity contribution in [1.29, 1.82) is 0 Å². The molecule has 0 aromatic heterocycles. The Morgan fingerprint density at radius 2 is 2.00 bits per heavy atom. The molecule has 3 aliphatic rings. The molecule has 6 atom stereocenters. The van der Waals surface area contributed by atoms with Crippen LogP contribution >= 0.6 is 23.4 Å². The fourth-order valence-electron chi connectivity index (χ4n) is 6.12. The van der Waals surface area contributed by atoms with Gasteiger partial charge in [-0.25, -0.2) is 0 Å². The SMILES string of the molecule is C=CCCOC(=O)[C@H]1[C@H]2C(=O)N([C@H](C)CO)C(C(=O)N(CC=C)c3ccc(Cl)cc3)C23CC[C@]1(C)S3. The van der Waals surface area contributed by atoms with E-state index in [4.69, 9.17) is 16.3 Å². The van der Waals surface area contributed by atoms with Gasteiger partial charge in [-0.05, 0) is 57.4 Å². The van der Waals surface area contributed by atoms with Crippen LogP contribution in [0.2, 0.25) is 5.02 Å². The smallest absolute Gasteiger partial charge is 0.311 e. The van der Waals surface area contributed by atoms with Crippen LogP contribution in [0, 0.1) is 11.8 Å². The van der Waals surface area contributed by atoms with Crippen molar-refractivity contribution in [2.24, 2.45) is 11.8 Å². The summed E-state index contributed by atoms with van der Waals surface area (Å²) < 4.78 is 4.25. The van der Waals surface area contributed by atoms with Gasteiger partial charge in [-0.3, -0.25) is 14.4 Å². The predicted octanol–water partition coefficient (Wildman–Crippen LogP) is 3.84. The molecule has 3 heterocycles. The number of hydrogen-bond donors (Lipinski definition) is 1. The standard InChI is InChI=1S/C27H33ClN2O5S/c1-5-7-15-35-25(34)21-20-23(32)30(17(3)16-31)22(27(20)13-12-26(21,4)36-27)24(33)29(14-6-2)19-10-8-18(28)9-11-19/h5-6,8-11,17,20-22,31H,1-2,7,12-16H2,3-4H3/t17-,20+,21-,22?,26+,27?/m1/s1. The van der Waals surface area contributed by atoms with Gasteiger partial charge in [-0.2, -0.15) is 0 Å². The molecule has 2 amide bonds. The van der Waals surface area contributed by atoms with Crippen LogP contribution < -0.4 is 4.90 Å². The van der Waals surface area contributed by atoms with Crippen molar-refractivity contribution in [3.63, 3.8) is 0 Å². The highest BCUT2D eigenvalue weighted by Gasteiger charge is 2.78. The Morgan fingerprint density at radius 3 is 2.61 bits per heavy atom. The summed E-state index contributed by atoms with van der Waals surface area (Å²) in [6.07, 6.45) is 5.15. The fourth-order valence-corrected chi connectivity index (χ4v) is 8.57. The van der Waals surface area contributed by atoms with Gasteiger partial charge in [-0.1, -0.05) is 23.8 Å². The molecule has 1 aromatic carbocycles. The lowest BCUT2D eigenvalue weighted by Gasteiger charge is -2.38. The lowest BCUT2D eigenvalue weighted by molar-refractivity contribution is -0.155. The van der Waals surface area contributed by atoms with Gasteiger partial charge < -0.3 is 19.6 Å². The Labute approximate surface area is 221 Å². The normalized spacial score (nSPS) is 31.2. The van der Waals surface area contributed by atoms with E-state index in [1.54, 1.807) is 60.0 Å². The quantitative estimate of drug-likeness (QED) is 0.280. The van der Waals surface area contributed by atoms with Gasteiger partial charge in [0.1, 0.15) is 6.04 Å². The van der Waals surface area contributed by atoms with Crippen molar-refractivity contribution in [3.8, 4) is 0 Å². The number of carbonyl (C=O) groups is 3. The molecule has 2 unspecified atom stereocenters. The number of thioether (sulfide) groups is 1. The Bertz CT molecular complexity index is 1060. The van der Waals surface area contributed by atoms with E-state index >= 15 is 0 Å². The molecule has 0 aliphatic carbocycles. The van der Waals surface area contributed by atoms with Crippen molar-refractivity contribution in [2.45, 2.75) is 54.7 Å². The number of halogens is 1. The number of esters is 1. The molecule has 194 valence electrons. The van der Waals surface area contributed by atoms with Crippen LogP contribution in [0.3, 0.4) is 0 Å². The van der Waals surface area contributed by atoms with Crippen molar-refractivity contribution in [2.75, 3.05) is 24.7 Å². The second-order valence-corrected chi connectivity index (χ2v) is 12.3. The van der Waals surface area contributed by atoms with E-state index in [9.17, 15) is 19.5 Å². The first-order chi connectivity index (χ1) is 17.1. The summed E-state index contributed by atoms with van der Waals surface area (Å²) in [6.45, 7) is 11.4. The maximum absolute atomic E-state index is 14.3. The van der Waals surface area contributed by atoms with Gasteiger partial charge in [0, 0.05) is 22.0 Å². The average molecular weight is 533 g/mol. The summed E-state index contributed by atoms with van der Waals surface area (Å²) in [4.78, 5) is 44.8. The third-order valence-electron chi connectivity index (χ3n) is 7.72. The second kappa shape index (κ2) is 10.2. The lowest BCUT2D eigenvalue weighted by Crippen LogP contribution is -2.57. The third kappa shape index (κ3) is 4.17. The van der Waals surface area contributed by atoms with Crippen LogP contribution in [0.4, 0.5) is 5.69 Å². The highest BCUT2D eigenvalue weighted by atomic mass is 35.5. The largest absolute Gasteiger partial charge is 0.465 e. The van der Waals surface area contributed by atoms with Crippen molar-refractivity contribution in [3.05, 3.63) is 54.6 Å². The summed E-state index contributed by atoms with van der Waals surface area (Å²) in [7, 11) is 0. The van der Waals surface area contributed by atoms with E-state index in [1.165, 1.54) is 4.90 Å². The van der Waals surface area contributed by atoms with E-state index in [0.717, 1.165) is 0 Å². The minimum Gasteiger partial charge on any atom is -0.465 e. The molecule has 3 saturated heterocycles. The Balaban J connectivity index is 1.77. The molecular weight excluding hydrogens is 500 g/mol. The third-order valence-corrected chi connectivity index (χ3v) is 9.96. The van der Waals surface area contributed by atoms with Crippen LogP contribution in [-0.2, 0) is 19.1 Å². The van der Waals surface area contributed by atoms with Gasteiger partial charge in [0.2, 0.25) is 5.91 Å². The van der Waals surface area contributed by atoms with E-state index in [0.29, 0.717) is 30.0 Å². The van der Waals surface area contributed by atoms with Gasteiger partial charge in [0.15, 0.2) is 0 Å². The number of ether oxygens (including phenoxy) is 1. The van der Waals surface area contributed by atoms with Crippen LogP contribution in [0.15, 0.2) is 49.6 Å². The number of nitrogens with zero attached hydrogens (tertiary/aromatic N) is 2. The molecule has 9 heteroatoms. The molecule has 1 aromatic rings. The molecule has 4 rings (SSSR count). The summed E-state index contributed by atoms with van der Waals surface area (Å²) in [5.41, 5.74) is 0.636. The van der Waals surface area contributed by atoms with Crippen molar-refractivity contribution in [1.82, 2.24) is 4.90 Å². The molecule has 7 nitrogen and oxygen atoms in total. The monoisotopic (exact) mass is 532 g/mol. The van der Waals surface area contributed by atoms with Crippen molar-refractivity contribution < 1.29 is 24.2 Å². The van der Waals surface area contributed by atoms with Gasteiger partial charge in [0.05, 0.1) is 35.8 Å². The van der Waals surface area contributed by atoms with Crippen molar-refractivity contribution >= 4 is 46.8 Å². The highest BCUT2D eigenvalue weighted by molar-refractivity contribution is 8.02. The van der Waals surface area contributed by atoms with Crippen LogP contribution in [-0.4, -0.2) is 69.1 Å². The van der Waals surface area contributed by atoms with Gasteiger partial charge in [0.25, 0.3) is 5.91 Å². The maximum Gasteiger partial charge on any atom is 0.311 e. The summed E-state index contributed by atoms with van der Waals surface area (Å²) in [5.74, 6) is -2.30. The zero-order valence-electron chi connectivity index (χ0n) is 20.7. The van der Waals surface area contributed by atoms with Gasteiger partial charge in [-0.15, -0.1) is 24.9 Å². The first-order valence-electron chi connectivity index (χ1n) is 12.2. The Kier molecular flexibility index (Phi) is 7.60. The predicted molar refractivity (Wildman–Crippen MR) is 142 cm³/mol. The number of likely N-dealkylation sites (tertiary alicyclic amines) is 1. The summed E-state index contributed by atoms with van der Waals surface area (Å²) in [5, 5.41) is 10.6. The van der Waals surface area contributed by atoms with Crippen LogP contribution in [0.25, 0.3) is 0 Å². The number of hydrogen-bond acceptors (Lipinski definition) is 6. The minimum atomic E-state index is -0.842. The van der Waals surface area contributed by atoms with Crippen LogP contribution in [0.5, 0.6) is 0 Å². The summed E-state index contributed by atoms with van der Waals surface area (Å²) in [6, 6.07) is 5.51. The average Bonchev–Trinajstić information content (AvgIpc) is 3.43. The van der Waals surface area contributed by atoms with Gasteiger partial charge >= 0.3 is 5.97 Å². The minimum absolute atomic E-state index is 0.205. The second-order valence-electron chi connectivity index (χ2n) is 9.96. The molecule has 2 bridgehead atoms. The fraction of sp³-hybridized carbons (Fsp3) is 0.519. The maximum atomic E-state index is 14.3. The molecule has 1 N–H and O–H groups in total. The Hall–Kier alpha value is -2.29. The number of amides is 2. The highest BCUT2D eigenvalue weighted by Crippen LogP contribution is 2.71. The van der Waals surface area contributed by atoms with E-state index in [1.807, 2.05) is 6.92 Å². The molecule has 0 radical (unpaired) electrons. The lowest BCUT2D eigenvalue weighted by atomic mass is 9.66. The first-order valence-corrected chi connectivity index (χ1v) is 13.4. The Morgan fingerprint density at radius 1 is 1.31 bits per heavy atom. The van der Waals surface area contributed by atoms with E-state index < -0.39 is 39.4 Å². The number of rotatable bonds is 10. The zero-order chi connectivity index (χ0) is 26.3. The molecule has 3 fully saturated rings. The first kappa shape index (κ1) is 26.8. The van der Waals surface area contributed by atoms with E-state index in [-0.39, 0.29) is 31.6 Å². The molecule has 1 spiro atoms. The van der Waals surface area contributed by atoms with E-state index in [2.05, 4.69) is 13.2 Å².